The Balaban J connectivity index is 2.23. The van der Waals surface area contributed by atoms with Crippen molar-refractivity contribution in [3.8, 4) is 0 Å². The standard InChI is InChI=1S/C32H58N2O6/c1-7-8-9-10-11-12-13-14-15-16-17-18-19-20-21-22-27(35)34-25(2)26(30(37)38)23-33-29(36)28-31(3,4)24-39-32(5,6)40-28/h14-15,25-26,28H,7-13,16-24H2,1-6H3,(H,33,36)(H,34,35)(H,37,38)/b15-14-. The third kappa shape index (κ3) is 15.2. The lowest BCUT2D eigenvalue weighted by molar-refractivity contribution is -0.304. The molecule has 1 aliphatic heterocycles. The first kappa shape index (κ1) is 36.1. The Kier molecular flexibility index (Phi) is 17.4. The van der Waals surface area contributed by atoms with Crippen molar-refractivity contribution < 1.29 is 29.0 Å². The Hall–Kier alpha value is -1.93. The minimum Gasteiger partial charge on any atom is -0.481 e. The number of ether oxygens (including phenoxy) is 2. The molecule has 0 radical (unpaired) electrons. The van der Waals surface area contributed by atoms with E-state index in [2.05, 4.69) is 29.7 Å². The van der Waals surface area contributed by atoms with E-state index in [9.17, 15) is 19.5 Å². The summed E-state index contributed by atoms with van der Waals surface area (Å²) in [5.74, 6) is -3.44. The minimum absolute atomic E-state index is 0.0970. The van der Waals surface area contributed by atoms with E-state index < -0.39 is 35.2 Å². The van der Waals surface area contributed by atoms with Crippen LogP contribution in [0.1, 0.15) is 131 Å². The summed E-state index contributed by atoms with van der Waals surface area (Å²) >= 11 is 0. The minimum atomic E-state index is -1.07. The van der Waals surface area contributed by atoms with E-state index in [1.807, 2.05) is 13.8 Å². The summed E-state index contributed by atoms with van der Waals surface area (Å²) in [5, 5.41) is 15.3. The maximum atomic E-state index is 12.9. The van der Waals surface area contributed by atoms with Gasteiger partial charge in [-0.25, -0.2) is 0 Å². The average molecular weight is 567 g/mol. The average Bonchev–Trinajstić information content (AvgIpc) is 2.87. The van der Waals surface area contributed by atoms with Gasteiger partial charge in [0.25, 0.3) is 0 Å². The summed E-state index contributed by atoms with van der Waals surface area (Å²) in [7, 11) is 0. The molecular formula is C32H58N2O6. The van der Waals surface area contributed by atoms with Crippen molar-refractivity contribution in [1.29, 1.82) is 0 Å². The first-order valence-corrected chi connectivity index (χ1v) is 15.7. The molecule has 2 amide bonds. The summed E-state index contributed by atoms with van der Waals surface area (Å²) in [6.45, 7) is 11.4. The lowest BCUT2D eigenvalue weighted by Crippen LogP contribution is -2.57. The van der Waals surface area contributed by atoms with Crippen LogP contribution in [0.4, 0.5) is 0 Å². The number of hydrogen-bond donors (Lipinski definition) is 3. The van der Waals surface area contributed by atoms with Crippen LogP contribution in [0.2, 0.25) is 0 Å². The molecule has 3 atom stereocenters. The number of carbonyl (C=O) groups excluding carboxylic acids is 2. The van der Waals surface area contributed by atoms with Gasteiger partial charge in [0.05, 0.1) is 12.5 Å². The molecule has 1 rings (SSSR count). The van der Waals surface area contributed by atoms with Crippen LogP contribution in [0.5, 0.6) is 0 Å². The molecule has 1 fully saturated rings. The number of amides is 2. The second-order valence-electron chi connectivity index (χ2n) is 12.6. The summed E-state index contributed by atoms with van der Waals surface area (Å²) in [4.78, 5) is 37.2. The van der Waals surface area contributed by atoms with E-state index in [0.29, 0.717) is 13.0 Å². The van der Waals surface area contributed by atoms with Gasteiger partial charge in [0.15, 0.2) is 5.79 Å². The molecule has 232 valence electrons. The third-order valence-corrected chi connectivity index (χ3v) is 7.61. The van der Waals surface area contributed by atoms with Crippen molar-refractivity contribution in [2.24, 2.45) is 11.3 Å². The van der Waals surface area contributed by atoms with Gasteiger partial charge >= 0.3 is 5.97 Å². The van der Waals surface area contributed by atoms with Crippen LogP contribution < -0.4 is 10.6 Å². The lowest BCUT2D eigenvalue weighted by atomic mass is 9.85. The summed E-state index contributed by atoms with van der Waals surface area (Å²) in [6, 6.07) is -0.617. The number of aliphatic carboxylic acids is 1. The Labute approximate surface area is 243 Å². The zero-order chi connectivity index (χ0) is 30.0. The molecule has 0 spiro atoms. The van der Waals surface area contributed by atoms with Crippen LogP contribution in [0.25, 0.3) is 0 Å². The quantitative estimate of drug-likeness (QED) is 0.108. The predicted octanol–water partition coefficient (Wildman–Crippen LogP) is 6.52. The number of carbonyl (C=O) groups is 3. The van der Waals surface area contributed by atoms with Crippen molar-refractivity contribution in [3.05, 3.63) is 12.2 Å². The first-order chi connectivity index (χ1) is 18.9. The van der Waals surface area contributed by atoms with Crippen LogP contribution in [0, 0.1) is 11.3 Å². The molecule has 8 nitrogen and oxygen atoms in total. The smallest absolute Gasteiger partial charge is 0.310 e. The molecule has 1 aliphatic rings. The molecule has 40 heavy (non-hydrogen) atoms. The fourth-order valence-electron chi connectivity index (χ4n) is 4.89. The van der Waals surface area contributed by atoms with Crippen LogP contribution in [-0.4, -0.2) is 54.0 Å². The number of allylic oxidation sites excluding steroid dienone is 2. The van der Waals surface area contributed by atoms with E-state index in [1.165, 1.54) is 51.4 Å². The topological polar surface area (TPSA) is 114 Å². The number of nitrogens with one attached hydrogen (secondary N) is 2. The maximum absolute atomic E-state index is 12.9. The Morgan fingerprint density at radius 2 is 1.45 bits per heavy atom. The van der Waals surface area contributed by atoms with Gasteiger partial charge in [0, 0.05) is 24.4 Å². The van der Waals surface area contributed by atoms with Gasteiger partial charge in [0.2, 0.25) is 11.8 Å². The predicted molar refractivity (Wildman–Crippen MR) is 160 cm³/mol. The monoisotopic (exact) mass is 566 g/mol. The van der Waals surface area contributed by atoms with Gasteiger partial charge in [-0.3, -0.25) is 14.4 Å². The van der Waals surface area contributed by atoms with Crippen LogP contribution in [0.3, 0.4) is 0 Å². The molecular weight excluding hydrogens is 508 g/mol. The van der Waals surface area contributed by atoms with Gasteiger partial charge in [-0.15, -0.1) is 0 Å². The molecule has 0 bridgehead atoms. The molecule has 0 aromatic rings. The zero-order valence-corrected chi connectivity index (χ0v) is 26.2. The summed E-state index contributed by atoms with van der Waals surface area (Å²) in [6.07, 6.45) is 19.8. The number of hydrogen-bond acceptors (Lipinski definition) is 5. The molecule has 3 N–H and O–H groups in total. The van der Waals surface area contributed by atoms with Crippen molar-refractivity contribution in [3.63, 3.8) is 0 Å². The Morgan fingerprint density at radius 3 is 2.02 bits per heavy atom. The van der Waals surface area contributed by atoms with E-state index in [-0.39, 0.29) is 18.4 Å². The number of unbranched alkanes of at least 4 members (excludes halogenated alkanes) is 11. The fraction of sp³-hybridized carbons (Fsp3) is 0.844. The Bertz CT molecular complexity index is 779. The van der Waals surface area contributed by atoms with Gasteiger partial charge in [-0.05, 0) is 52.9 Å². The van der Waals surface area contributed by atoms with Crippen LogP contribution in [-0.2, 0) is 23.9 Å². The number of rotatable bonds is 21. The van der Waals surface area contributed by atoms with Crippen molar-refractivity contribution >= 4 is 17.8 Å². The largest absolute Gasteiger partial charge is 0.481 e. The van der Waals surface area contributed by atoms with Crippen LogP contribution in [0.15, 0.2) is 12.2 Å². The zero-order valence-electron chi connectivity index (χ0n) is 26.2. The van der Waals surface area contributed by atoms with Crippen LogP contribution >= 0.6 is 0 Å². The summed E-state index contributed by atoms with van der Waals surface area (Å²) < 4.78 is 11.5. The summed E-state index contributed by atoms with van der Waals surface area (Å²) in [5.41, 5.74) is -0.553. The highest BCUT2D eigenvalue weighted by molar-refractivity contribution is 5.83. The third-order valence-electron chi connectivity index (χ3n) is 7.61. The normalized spacial score (nSPS) is 19.7. The molecule has 0 saturated carbocycles. The second-order valence-corrected chi connectivity index (χ2v) is 12.6. The highest BCUT2D eigenvalue weighted by Crippen LogP contribution is 2.34. The SMILES string of the molecule is CCCCCCCC/C=C\CCCCCCCC(=O)NC(C)C(CNC(=O)C1OC(C)(C)OCC1(C)C)C(=O)O. The van der Waals surface area contributed by atoms with Gasteiger partial charge in [-0.1, -0.05) is 84.3 Å². The van der Waals surface area contributed by atoms with E-state index in [4.69, 9.17) is 9.47 Å². The lowest BCUT2D eigenvalue weighted by Gasteiger charge is -2.44. The van der Waals surface area contributed by atoms with Gasteiger partial charge < -0.3 is 25.2 Å². The van der Waals surface area contributed by atoms with Crippen molar-refractivity contribution in [2.75, 3.05) is 13.2 Å². The highest BCUT2D eigenvalue weighted by Gasteiger charge is 2.46. The first-order valence-electron chi connectivity index (χ1n) is 15.7. The molecule has 0 aromatic heterocycles. The van der Waals surface area contributed by atoms with E-state index in [1.54, 1.807) is 20.8 Å². The van der Waals surface area contributed by atoms with Crippen molar-refractivity contribution in [1.82, 2.24) is 10.6 Å². The van der Waals surface area contributed by atoms with Gasteiger partial charge in [0.1, 0.15) is 6.10 Å². The van der Waals surface area contributed by atoms with Gasteiger partial charge in [-0.2, -0.15) is 0 Å². The molecule has 0 aliphatic carbocycles. The second kappa shape index (κ2) is 19.2. The molecule has 1 heterocycles. The van der Waals surface area contributed by atoms with E-state index >= 15 is 0 Å². The number of carboxylic acids is 1. The molecule has 3 unspecified atom stereocenters. The maximum Gasteiger partial charge on any atom is 0.310 e. The fourth-order valence-corrected chi connectivity index (χ4v) is 4.89. The van der Waals surface area contributed by atoms with Crippen molar-refractivity contribution in [2.45, 2.75) is 149 Å². The molecule has 0 aromatic carbocycles. The Morgan fingerprint density at radius 1 is 0.900 bits per heavy atom. The van der Waals surface area contributed by atoms with E-state index in [0.717, 1.165) is 32.1 Å². The number of carboxylic acid groups (broad SMARTS) is 1. The molecule has 1 saturated heterocycles. The highest BCUT2D eigenvalue weighted by atomic mass is 16.7. The molecule has 8 heteroatoms.